The molecule has 0 radical (unpaired) electrons. The molecule has 2 N–H and O–H groups in total. The molecule has 6 nitrogen and oxygen atoms in total. The Bertz CT molecular complexity index is 659. The molecule has 0 saturated heterocycles. The predicted octanol–water partition coefficient (Wildman–Crippen LogP) is 2.68. The van der Waals surface area contributed by atoms with Crippen LogP contribution >= 0.6 is 0 Å². The predicted molar refractivity (Wildman–Crippen MR) is 103 cm³/mol. The molecule has 0 aliphatic rings. The van der Waals surface area contributed by atoms with Crippen molar-refractivity contribution in [2.45, 2.75) is 59.7 Å². The molecule has 2 aromatic rings. The second-order valence-electron chi connectivity index (χ2n) is 6.32. The average Bonchev–Trinajstić information content (AvgIpc) is 3.08. The van der Waals surface area contributed by atoms with E-state index >= 15 is 0 Å². The fraction of sp³-hybridized carbons (Fsp3) is 0.526. The Morgan fingerprint density at radius 3 is 2.68 bits per heavy atom. The maximum Gasteiger partial charge on any atom is 0.191 e. The molecule has 1 unspecified atom stereocenters. The van der Waals surface area contributed by atoms with Crippen molar-refractivity contribution >= 4 is 5.96 Å². The first-order chi connectivity index (χ1) is 12.1. The van der Waals surface area contributed by atoms with Gasteiger partial charge in [-0.1, -0.05) is 43.7 Å². The summed E-state index contributed by atoms with van der Waals surface area (Å²) in [7, 11) is 0. The normalized spacial score (nSPS) is 12.9. The van der Waals surface area contributed by atoms with Crippen LogP contribution in [0.15, 0.2) is 35.6 Å². The molecule has 1 heterocycles. The first kappa shape index (κ1) is 19.0. The monoisotopic (exact) mass is 342 g/mol. The highest BCUT2D eigenvalue weighted by Crippen LogP contribution is 2.04. The van der Waals surface area contributed by atoms with E-state index < -0.39 is 0 Å². The lowest BCUT2D eigenvalue weighted by atomic mass is 10.1. The molecule has 136 valence electrons. The highest BCUT2D eigenvalue weighted by Gasteiger charge is 2.05. The number of nitrogens with one attached hydrogen (secondary N) is 2. The zero-order valence-corrected chi connectivity index (χ0v) is 15.8. The van der Waals surface area contributed by atoms with Crippen LogP contribution in [0.3, 0.4) is 0 Å². The van der Waals surface area contributed by atoms with Gasteiger partial charge in [0.1, 0.15) is 12.2 Å². The summed E-state index contributed by atoms with van der Waals surface area (Å²) in [5.74, 6) is 1.86. The van der Waals surface area contributed by atoms with Crippen molar-refractivity contribution in [3.8, 4) is 0 Å². The molecule has 6 heteroatoms. The van der Waals surface area contributed by atoms with Crippen LogP contribution in [0.1, 0.15) is 44.1 Å². The van der Waals surface area contributed by atoms with Crippen LogP contribution in [0, 0.1) is 6.92 Å². The molecule has 0 amide bonds. The Hall–Kier alpha value is -2.37. The molecule has 1 aromatic heterocycles. The Balaban J connectivity index is 1.94. The van der Waals surface area contributed by atoms with Gasteiger partial charge in [0.15, 0.2) is 5.96 Å². The van der Waals surface area contributed by atoms with Crippen LogP contribution in [-0.2, 0) is 19.5 Å². The number of hydrogen-bond donors (Lipinski definition) is 2. The third-order valence-electron chi connectivity index (χ3n) is 4.19. The molecular weight excluding hydrogens is 312 g/mol. The van der Waals surface area contributed by atoms with Crippen LogP contribution in [0.2, 0.25) is 0 Å². The molecule has 0 saturated carbocycles. The van der Waals surface area contributed by atoms with Crippen molar-refractivity contribution < 1.29 is 0 Å². The van der Waals surface area contributed by atoms with E-state index in [0.717, 1.165) is 37.7 Å². The summed E-state index contributed by atoms with van der Waals surface area (Å²) in [5.41, 5.74) is 2.48. The van der Waals surface area contributed by atoms with Gasteiger partial charge in [0.05, 0.1) is 6.54 Å². The van der Waals surface area contributed by atoms with Crippen molar-refractivity contribution in [3.05, 3.63) is 47.5 Å². The molecular formula is C19H30N6. The third kappa shape index (κ3) is 6.21. The number of aliphatic imine (C=N–C) groups is 1. The summed E-state index contributed by atoms with van der Waals surface area (Å²) in [6.45, 7) is 10.8. The van der Waals surface area contributed by atoms with Gasteiger partial charge in [-0.25, -0.2) is 4.99 Å². The third-order valence-corrected chi connectivity index (χ3v) is 4.19. The summed E-state index contributed by atoms with van der Waals surface area (Å²) in [6.07, 6.45) is 3.72. The van der Waals surface area contributed by atoms with E-state index in [1.54, 1.807) is 6.33 Å². The van der Waals surface area contributed by atoms with E-state index in [2.05, 4.69) is 77.4 Å². The molecule has 25 heavy (non-hydrogen) atoms. The first-order valence-corrected chi connectivity index (χ1v) is 9.09. The topological polar surface area (TPSA) is 67.1 Å². The Kier molecular flexibility index (Phi) is 7.44. The second-order valence-corrected chi connectivity index (χ2v) is 6.32. The van der Waals surface area contributed by atoms with Crippen molar-refractivity contribution in [2.75, 3.05) is 6.54 Å². The van der Waals surface area contributed by atoms with E-state index in [4.69, 9.17) is 4.99 Å². The van der Waals surface area contributed by atoms with E-state index in [-0.39, 0.29) is 0 Å². The molecule has 0 spiro atoms. The lowest BCUT2D eigenvalue weighted by Gasteiger charge is -2.17. The molecule has 1 atom stereocenters. The Morgan fingerprint density at radius 2 is 2.00 bits per heavy atom. The van der Waals surface area contributed by atoms with Crippen molar-refractivity contribution in [1.29, 1.82) is 0 Å². The lowest BCUT2D eigenvalue weighted by molar-refractivity contribution is 0.599. The van der Waals surface area contributed by atoms with Crippen LogP contribution in [0.4, 0.5) is 0 Å². The van der Waals surface area contributed by atoms with Gasteiger partial charge in [-0.2, -0.15) is 0 Å². The second kappa shape index (κ2) is 9.81. The van der Waals surface area contributed by atoms with Crippen LogP contribution in [0.25, 0.3) is 0 Å². The summed E-state index contributed by atoms with van der Waals surface area (Å²) in [4.78, 5) is 4.73. The number of guanidine groups is 1. The standard InChI is InChI=1S/C19H30N6/c1-5-16(4)23-19(21-13-17-9-7-15(3)8-10-17)20-11-12-25-14-22-24-18(25)6-2/h7-10,14,16H,5-6,11-13H2,1-4H3,(H2,20,21,23). The van der Waals surface area contributed by atoms with Crippen LogP contribution in [0.5, 0.6) is 0 Å². The zero-order chi connectivity index (χ0) is 18.1. The van der Waals surface area contributed by atoms with Gasteiger partial charge in [-0.05, 0) is 25.8 Å². The number of rotatable bonds is 8. The highest BCUT2D eigenvalue weighted by atomic mass is 15.3. The fourth-order valence-corrected chi connectivity index (χ4v) is 2.39. The molecule has 0 fully saturated rings. The smallest absolute Gasteiger partial charge is 0.191 e. The Labute approximate surface area is 150 Å². The summed E-state index contributed by atoms with van der Waals surface area (Å²) in [6, 6.07) is 8.89. The number of aryl methyl sites for hydroxylation is 2. The van der Waals surface area contributed by atoms with Crippen molar-refractivity contribution in [2.24, 2.45) is 4.99 Å². The molecule has 0 bridgehead atoms. The number of aromatic nitrogens is 3. The molecule has 0 aliphatic heterocycles. The molecule has 1 aromatic carbocycles. The maximum absolute atomic E-state index is 4.73. The minimum absolute atomic E-state index is 0.380. The van der Waals surface area contributed by atoms with E-state index in [0.29, 0.717) is 12.6 Å². The van der Waals surface area contributed by atoms with E-state index in [9.17, 15) is 0 Å². The summed E-state index contributed by atoms with van der Waals surface area (Å²) in [5, 5.41) is 15.0. The van der Waals surface area contributed by atoms with Gasteiger partial charge in [0.25, 0.3) is 0 Å². The number of hydrogen-bond acceptors (Lipinski definition) is 3. The van der Waals surface area contributed by atoms with Gasteiger partial charge in [0.2, 0.25) is 0 Å². The van der Waals surface area contributed by atoms with Crippen LogP contribution in [-0.4, -0.2) is 33.3 Å². The highest BCUT2D eigenvalue weighted by molar-refractivity contribution is 5.80. The number of benzene rings is 1. The van der Waals surface area contributed by atoms with Crippen molar-refractivity contribution in [1.82, 2.24) is 25.4 Å². The van der Waals surface area contributed by atoms with E-state index in [1.807, 2.05) is 0 Å². The lowest BCUT2D eigenvalue weighted by Crippen LogP contribution is -2.43. The quantitative estimate of drug-likeness (QED) is 0.572. The minimum Gasteiger partial charge on any atom is -0.355 e. The van der Waals surface area contributed by atoms with Crippen LogP contribution < -0.4 is 10.6 Å². The van der Waals surface area contributed by atoms with E-state index in [1.165, 1.54) is 11.1 Å². The van der Waals surface area contributed by atoms with Crippen molar-refractivity contribution in [3.63, 3.8) is 0 Å². The minimum atomic E-state index is 0.380. The fourth-order valence-electron chi connectivity index (χ4n) is 2.39. The first-order valence-electron chi connectivity index (χ1n) is 9.09. The van der Waals surface area contributed by atoms with Gasteiger partial charge in [-0.15, -0.1) is 10.2 Å². The zero-order valence-electron chi connectivity index (χ0n) is 15.8. The number of nitrogens with zero attached hydrogens (tertiary/aromatic N) is 4. The maximum atomic E-state index is 4.73. The van der Waals surface area contributed by atoms with Gasteiger partial charge < -0.3 is 15.2 Å². The average molecular weight is 342 g/mol. The Morgan fingerprint density at radius 1 is 1.24 bits per heavy atom. The largest absolute Gasteiger partial charge is 0.355 e. The summed E-state index contributed by atoms with van der Waals surface area (Å²) >= 11 is 0. The van der Waals surface area contributed by atoms with Gasteiger partial charge in [-0.3, -0.25) is 0 Å². The molecule has 2 rings (SSSR count). The SMILES string of the molecule is CCc1nncn1CCNC(=NCc1ccc(C)cc1)NC(C)CC. The van der Waals surface area contributed by atoms with Gasteiger partial charge >= 0.3 is 0 Å². The summed E-state index contributed by atoms with van der Waals surface area (Å²) < 4.78 is 2.08. The molecule has 0 aliphatic carbocycles. The van der Waals surface area contributed by atoms with Gasteiger partial charge in [0, 0.05) is 25.6 Å².